The van der Waals surface area contributed by atoms with Crippen LogP contribution in [0.15, 0.2) is 0 Å². The van der Waals surface area contributed by atoms with E-state index in [9.17, 15) is 0 Å². The van der Waals surface area contributed by atoms with Crippen molar-refractivity contribution in [3.63, 3.8) is 0 Å². The zero-order valence-electron chi connectivity index (χ0n) is 6.07. The van der Waals surface area contributed by atoms with Gasteiger partial charge in [0.1, 0.15) is 5.01 Å². The van der Waals surface area contributed by atoms with E-state index in [-0.39, 0.29) is 30.9 Å². The first kappa shape index (κ1) is 10.2. The predicted molar refractivity (Wildman–Crippen MR) is 33.4 cm³/mol. The Kier molecular flexibility index (Phi) is 10.6. The van der Waals surface area contributed by atoms with Gasteiger partial charge in [-0.25, -0.2) is 0 Å². The van der Waals surface area contributed by atoms with Crippen molar-refractivity contribution in [1.82, 2.24) is 0 Å². The minimum absolute atomic E-state index is 0. The van der Waals surface area contributed by atoms with E-state index in [0.29, 0.717) is 0 Å². The molecule has 3 heteroatoms. The van der Waals surface area contributed by atoms with Crippen molar-refractivity contribution in [2.24, 2.45) is 0 Å². The van der Waals surface area contributed by atoms with Crippen molar-refractivity contribution >= 4 is 39.0 Å². The zero-order valence-corrected chi connectivity index (χ0v) is 7.07. The third kappa shape index (κ3) is 8.96. The first-order valence-electron chi connectivity index (χ1n) is 1.44. The molecule has 36 valence electrons. The van der Waals surface area contributed by atoms with Gasteiger partial charge >= 0.3 is 23.1 Å². The molecule has 0 aliphatic carbocycles. The summed E-state index contributed by atoms with van der Waals surface area (Å²) in [7, 11) is 1.65. The summed E-state index contributed by atoms with van der Waals surface area (Å²) in [6.07, 6.45) is 0. The van der Waals surface area contributed by atoms with Crippen LogP contribution < -0.4 is 0 Å². The smallest absolute Gasteiger partial charge is 1.00 e. The minimum atomic E-state index is 0. The summed E-state index contributed by atoms with van der Waals surface area (Å²) in [6.45, 7) is 1.92. The summed E-state index contributed by atoms with van der Waals surface area (Å²) in [5.41, 5.74) is 0. The molecule has 0 saturated carbocycles. The maximum absolute atomic E-state index is 4.67. The normalized spacial score (nSPS) is 12.5. The molecule has 0 rings (SSSR count). The molecule has 0 fully saturated rings. The van der Waals surface area contributed by atoms with Crippen molar-refractivity contribution in [3.8, 4) is 0 Å². The molecule has 0 radical (unpaired) electrons. The Labute approximate surface area is 65.7 Å². The second-order valence-corrected chi connectivity index (χ2v) is 2.07. The Hall–Kier alpha value is 1.21. The first-order chi connectivity index (χ1) is 2.27. The second-order valence-electron chi connectivity index (χ2n) is 0.779. The zero-order chi connectivity index (χ0) is 4.28. The largest absolute Gasteiger partial charge is 2.00 e. The van der Waals surface area contributed by atoms with Gasteiger partial charge in [-0.15, -0.1) is 0 Å². The van der Waals surface area contributed by atoms with Crippen LogP contribution >= 0.6 is 15.9 Å². The number of methoxy groups -OCH3 is 1. The Morgan fingerprint density at radius 1 is 1.83 bits per heavy atom. The van der Waals surface area contributed by atoms with E-state index in [1.54, 1.807) is 7.11 Å². The van der Waals surface area contributed by atoms with Crippen LogP contribution in [0.4, 0.5) is 0 Å². The van der Waals surface area contributed by atoms with Gasteiger partial charge in [-0.3, -0.25) is 0 Å². The van der Waals surface area contributed by atoms with E-state index in [0.717, 1.165) is 0 Å². The number of alkyl halides is 1. The van der Waals surface area contributed by atoms with Crippen LogP contribution in [0.1, 0.15) is 9.78 Å². The average Bonchev–Trinajstić information content (AvgIpc) is 1.38. The van der Waals surface area contributed by atoms with Gasteiger partial charge in [-0.2, -0.15) is 0 Å². The number of hydrogen-bond donors (Lipinski definition) is 0. The van der Waals surface area contributed by atoms with Crippen LogP contribution in [0, 0.1) is 0 Å². The maximum Gasteiger partial charge on any atom is 2.00 e. The van der Waals surface area contributed by atoms with E-state index in [1.165, 1.54) is 0 Å². The molecule has 1 atom stereocenters. The summed E-state index contributed by atoms with van der Waals surface area (Å²) in [4.78, 5) is 0. The molecule has 0 bridgehead atoms. The van der Waals surface area contributed by atoms with Crippen LogP contribution in [-0.4, -0.2) is 35.2 Å². The fourth-order valence-electron chi connectivity index (χ4n) is 0. The second kappa shape index (κ2) is 6.21. The summed E-state index contributed by atoms with van der Waals surface area (Å²) >= 11 is 3.15. The summed E-state index contributed by atoms with van der Waals surface area (Å²) < 4.78 is 4.67. The van der Waals surface area contributed by atoms with Crippen molar-refractivity contribution in [2.75, 3.05) is 7.11 Å². The molecular weight excluding hydrogens is 156 g/mol. The van der Waals surface area contributed by atoms with E-state index >= 15 is 0 Å². The standard InChI is InChI=1S/C3H7BrO.Mg.2H/c1-3(4)5-2;;;/h3H,1-2H3;;;/q;+2;2*-1. The Morgan fingerprint density at radius 2 is 2.00 bits per heavy atom. The van der Waals surface area contributed by atoms with Gasteiger partial charge < -0.3 is 7.59 Å². The van der Waals surface area contributed by atoms with Crippen LogP contribution in [-0.2, 0) is 4.74 Å². The Balaban J connectivity index is -0.0000000267. The molecule has 0 aliphatic rings. The van der Waals surface area contributed by atoms with E-state index < -0.39 is 0 Å². The number of halogens is 1. The molecule has 0 aromatic carbocycles. The molecule has 0 aromatic rings. The van der Waals surface area contributed by atoms with Gasteiger partial charge in [0, 0.05) is 7.11 Å². The summed E-state index contributed by atoms with van der Waals surface area (Å²) in [5, 5.41) is 0.197. The van der Waals surface area contributed by atoms with Gasteiger partial charge in [-0.05, 0) is 6.92 Å². The minimum Gasteiger partial charge on any atom is -1.00 e. The molecule has 1 unspecified atom stereocenters. The molecular formula is C3H9BrMgO. The molecule has 0 aromatic heterocycles. The third-order valence-corrected chi connectivity index (χ3v) is 0.699. The Bertz CT molecular complexity index is 31.2. The van der Waals surface area contributed by atoms with Gasteiger partial charge in [0.05, 0.1) is 0 Å². The number of rotatable bonds is 1. The van der Waals surface area contributed by atoms with Crippen LogP contribution in [0.2, 0.25) is 0 Å². The first-order valence-corrected chi connectivity index (χ1v) is 2.36. The number of ether oxygens (including phenoxy) is 1. The van der Waals surface area contributed by atoms with Crippen LogP contribution in [0.5, 0.6) is 0 Å². The molecule has 0 spiro atoms. The molecule has 0 saturated heterocycles. The molecule has 1 nitrogen and oxygen atoms in total. The fourth-order valence-corrected chi connectivity index (χ4v) is 0. The molecule has 0 heterocycles. The van der Waals surface area contributed by atoms with Crippen LogP contribution in [0.3, 0.4) is 0 Å². The monoisotopic (exact) mass is 164 g/mol. The molecule has 0 amide bonds. The summed E-state index contributed by atoms with van der Waals surface area (Å²) in [6, 6.07) is 0. The maximum atomic E-state index is 4.67. The van der Waals surface area contributed by atoms with Gasteiger partial charge in [0.15, 0.2) is 0 Å². The predicted octanol–water partition coefficient (Wildman–Crippen LogP) is 1.22. The van der Waals surface area contributed by atoms with E-state index in [2.05, 4.69) is 20.7 Å². The van der Waals surface area contributed by atoms with Gasteiger partial charge in [0.2, 0.25) is 0 Å². The van der Waals surface area contributed by atoms with Crippen molar-refractivity contribution in [3.05, 3.63) is 0 Å². The molecule has 0 aliphatic heterocycles. The van der Waals surface area contributed by atoms with E-state index in [4.69, 9.17) is 0 Å². The SMILES string of the molecule is COC(C)Br.[H-].[H-].[Mg+2]. The third-order valence-electron chi connectivity index (χ3n) is 0.325. The van der Waals surface area contributed by atoms with Gasteiger partial charge in [-0.1, -0.05) is 15.9 Å². The summed E-state index contributed by atoms with van der Waals surface area (Å²) in [5.74, 6) is 0. The van der Waals surface area contributed by atoms with Crippen molar-refractivity contribution < 1.29 is 7.59 Å². The van der Waals surface area contributed by atoms with Crippen LogP contribution in [0.25, 0.3) is 0 Å². The Morgan fingerprint density at radius 3 is 2.00 bits per heavy atom. The van der Waals surface area contributed by atoms with Gasteiger partial charge in [0.25, 0.3) is 0 Å². The quantitative estimate of drug-likeness (QED) is 0.419. The van der Waals surface area contributed by atoms with E-state index in [1.807, 2.05) is 6.92 Å². The fraction of sp³-hybridized carbons (Fsp3) is 1.00. The topological polar surface area (TPSA) is 9.23 Å². The van der Waals surface area contributed by atoms with Crippen molar-refractivity contribution in [2.45, 2.75) is 11.9 Å². The molecule has 6 heavy (non-hydrogen) atoms. The average molecular weight is 165 g/mol. The van der Waals surface area contributed by atoms with Crippen molar-refractivity contribution in [1.29, 1.82) is 0 Å². The number of hydrogen-bond acceptors (Lipinski definition) is 1. The molecule has 0 N–H and O–H groups in total.